The number of rotatable bonds is 6. The van der Waals surface area contributed by atoms with Gasteiger partial charge in [-0.05, 0) is 51.9 Å². The third kappa shape index (κ3) is 3.95. The van der Waals surface area contributed by atoms with Gasteiger partial charge in [-0.2, -0.15) is 0 Å². The Morgan fingerprint density at radius 3 is 2.26 bits per heavy atom. The summed E-state index contributed by atoms with van der Waals surface area (Å²) in [4.78, 5) is 2.71. The fraction of sp³-hybridized carbons (Fsp3) is 1.00. The average molecular weight is 266 g/mol. The fourth-order valence-corrected chi connectivity index (χ4v) is 4.09. The van der Waals surface area contributed by atoms with E-state index in [0.29, 0.717) is 6.04 Å². The van der Waals surface area contributed by atoms with Gasteiger partial charge in [0.1, 0.15) is 0 Å². The van der Waals surface area contributed by atoms with Crippen LogP contribution in [-0.4, -0.2) is 36.1 Å². The maximum Gasteiger partial charge on any atom is 0.0150 e. The van der Waals surface area contributed by atoms with E-state index in [-0.39, 0.29) is 0 Å². The fourth-order valence-electron chi connectivity index (χ4n) is 4.09. The zero-order chi connectivity index (χ0) is 13.8. The molecule has 1 saturated carbocycles. The van der Waals surface area contributed by atoms with Crippen molar-refractivity contribution in [3.05, 3.63) is 0 Å². The quantitative estimate of drug-likeness (QED) is 0.789. The van der Waals surface area contributed by atoms with Gasteiger partial charge in [0.05, 0.1) is 0 Å². The van der Waals surface area contributed by atoms with Crippen molar-refractivity contribution in [3.63, 3.8) is 0 Å². The van der Waals surface area contributed by atoms with E-state index in [4.69, 9.17) is 0 Å². The Bertz CT molecular complexity index is 250. The molecule has 1 aliphatic carbocycles. The van der Waals surface area contributed by atoms with Crippen LogP contribution in [0.3, 0.4) is 0 Å². The largest absolute Gasteiger partial charge is 0.311 e. The minimum atomic E-state index is 0.707. The molecule has 2 fully saturated rings. The molecule has 0 aromatic carbocycles. The molecule has 2 aliphatic rings. The Balaban J connectivity index is 1.90. The predicted octanol–water partition coefficient (Wildman–Crippen LogP) is 3.66. The van der Waals surface area contributed by atoms with Gasteiger partial charge in [-0.25, -0.2) is 0 Å². The smallest absolute Gasteiger partial charge is 0.0150 e. The predicted molar refractivity (Wildman–Crippen MR) is 83.5 cm³/mol. The number of nitrogens with zero attached hydrogens (tertiary/aromatic N) is 1. The second-order valence-electron chi connectivity index (χ2n) is 7.23. The first-order valence-electron chi connectivity index (χ1n) is 8.62. The Morgan fingerprint density at radius 2 is 1.74 bits per heavy atom. The number of hydrogen-bond donors (Lipinski definition) is 1. The Morgan fingerprint density at radius 1 is 1.11 bits per heavy atom. The SMILES string of the molecule is CCCCC(C)NC1C2CCCC1CN(C(C)C)C2. The average Bonchev–Trinajstić information content (AvgIpc) is 2.35. The van der Waals surface area contributed by atoms with Crippen LogP contribution in [0.4, 0.5) is 0 Å². The van der Waals surface area contributed by atoms with Crippen LogP contribution in [0.25, 0.3) is 0 Å². The summed E-state index contributed by atoms with van der Waals surface area (Å²) < 4.78 is 0. The van der Waals surface area contributed by atoms with Crippen LogP contribution in [0.2, 0.25) is 0 Å². The maximum atomic E-state index is 3.99. The van der Waals surface area contributed by atoms with Crippen molar-refractivity contribution in [2.24, 2.45) is 11.8 Å². The molecular weight excluding hydrogens is 232 g/mol. The molecule has 0 aromatic heterocycles. The molecule has 1 heterocycles. The first-order valence-corrected chi connectivity index (χ1v) is 8.62. The highest BCUT2D eigenvalue weighted by atomic mass is 15.2. The molecule has 0 spiro atoms. The molecule has 3 unspecified atom stereocenters. The van der Waals surface area contributed by atoms with Gasteiger partial charge >= 0.3 is 0 Å². The molecule has 0 aromatic rings. The lowest BCUT2D eigenvalue weighted by molar-refractivity contribution is 0.0253. The van der Waals surface area contributed by atoms with E-state index in [2.05, 4.69) is 37.9 Å². The van der Waals surface area contributed by atoms with Crippen molar-refractivity contribution < 1.29 is 0 Å². The minimum absolute atomic E-state index is 0.707. The summed E-state index contributed by atoms with van der Waals surface area (Å²) in [5.41, 5.74) is 0. The van der Waals surface area contributed by atoms with Gasteiger partial charge in [-0.1, -0.05) is 26.2 Å². The monoisotopic (exact) mass is 266 g/mol. The summed E-state index contributed by atoms with van der Waals surface area (Å²) >= 11 is 0. The van der Waals surface area contributed by atoms with Crippen molar-refractivity contribution in [2.45, 2.75) is 84.3 Å². The topological polar surface area (TPSA) is 15.3 Å². The van der Waals surface area contributed by atoms with Crippen LogP contribution in [0.1, 0.15) is 66.2 Å². The number of unbranched alkanes of at least 4 members (excludes halogenated alkanes) is 1. The number of hydrogen-bond acceptors (Lipinski definition) is 2. The summed E-state index contributed by atoms with van der Waals surface area (Å²) in [6, 6.07) is 2.23. The molecular formula is C17H34N2. The standard InChI is InChI=1S/C17H34N2/c1-5-6-8-14(4)18-17-15-9-7-10-16(17)12-19(11-15)13(2)3/h13-18H,5-12H2,1-4H3. The van der Waals surface area contributed by atoms with Gasteiger partial charge in [0.2, 0.25) is 0 Å². The summed E-state index contributed by atoms with van der Waals surface area (Å²) in [5, 5.41) is 3.99. The molecule has 0 amide bonds. The Kier molecular flexibility index (Phi) is 5.70. The van der Waals surface area contributed by atoms with Crippen LogP contribution < -0.4 is 5.32 Å². The third-order valence-electron chi connectivity index (χ3n) is 5.30. The van der Waals surface area contributed by atoms with Crippen LogP contribution in [0.5, 0.6) is 0 Å². The third-order valence-corrected chi connectivity index (χ3v) is 5.30. The van der Waals surface area contributed by atoms with Crippen molar-refractivity contribution >= 4 is 0 Å². The van der Waals surface area contributed by atoms with E-state index in [1.54, 1.807) is 0 Å². The molecule has 112 valence electrons. The normalized spacial score (nSPS) is 33.6. The van der Waals surface area contributed by atoms with Crippen LogP contribution in [0.15, 0.2) is 0 Å². The summed E-state index contributed by atoms with van der Waals surface area (Å²) in [6.45, 7) is 12.0. The van der Waals surface area contributed by atoms with E-state index in [1.165, 1.54) is 51.6 Å². The molecule has 1 saturated heterocycles. The molecule has 19 heavy (non-hydrogen) atoms. The van der Waals surface area contributed by atoms with E-state index in [9.17, 15) is 0 Å². The first-order chi connectivity index (χ1) is 9.11. The minimum Gasteiger partial charge on any atom is -0.311 e. The number of likely N-dealkylation sites (tertiary alicyclic amines) is 1. The number of nitrogens with one attached hydrogen (secondary N) is 1. The van der Waals surface area contributed by atoms with Crippen molar-refractivity contribution in [2.75, 3.05) is 13.1 Å². The maximum absolute atomic E-state index is 3.99. The van der Waals surface area contributed by atoms with Crippen molar-refractivity contribution in [3.8, 4) is 0 Å². The molecule has 2 bridgehead atoms. The van der Waals surface area contributed by atoms with Gasteiger partial charge in [-0.15, -0.1) is 0 Å². The van der Waals surface area contributed by atoms with E-state index < -0.39 is 0 Å². The lowest BCUT2D eigenvalue weighted by atomic mass is 9.73. The van der Waals surface area contributed by atoms with Gasteiger partial charge in [0, 0.05) is 31.2 Å². The van der Waals surface area contributed by atoms with E-state index >= 15 is 0 Å². The summed E-state index contributed by atoms with van der Waals surface area (Å²) in [7, 11) is 0. The zero-order valence-electron chi connectivity index (χ0n) is 13.5. The van der Waals surface area contributed by atoms with Gasteiger partial charge in [0.15, 0.2) is 0 Å². The summed E-state index contributed by atoms with van der Waals surface area (Å²) in [6.07, 6.45) is 8.39. The molecule has 3 atom stereocenters. The van der Waals surface area contributed by atoms with Gasteiger partial charge < -0.3 is 10.2 Å². The molecule has 1 aliphatic heterocycles. The van der Waals surface area contributed by atoms with Crippen LogP contribution in [-0.2, 0) is 0 Å². The van der Waals surface area contributed by atoms with Gasteiger partial charge in [0.25, 0.3) is 0 Å². The molecule has 1 N–H and O–H groups in total. The van der Waals surface area contributed by atoms with Crippen LogP contribution >= 0.6 is 0 Å². The second-order valence-corrected chi connectivity index (χ2v) is 7.23. The lowest BCUT2D eigenvalue weighted by Gasteiger charge is -2.50. The van der Waals surface area contributed by atoms with E-state index in [1.807, 2.05) is 0 Å². The first kappa shape index (κ1) is 15.3. The van der Waals surface area contributed by atoms with Crippen molar-refractivity contribution in [1.29, 1.82) is 0 Å². The van der Waals surface area contributed by atoms with Crippen LogP contribution in [0, 0.1) is 11.8 Å². The highest BCUT2D eigenvalue weighted by Gasteiger charge is 2.40. The molecule has 2 rings (SSSR count). The molecule has 2 nitrogen and oxygen atoms in total. The zero-order valence-corrected chi connectivity index (χ0v) is 13.5. The van der Waals surface area contributed by atoms with E-state index in [0.717, 1.165) is 23.9 Å². The van der Waals surface area contributed by atoms with Crippen molar-refractivity contribution in [1.82, 2.24) is 10.2 Å². The highest BCUT2D eigenvalue weighted by molar-refractivity contribution is 4.96. The number of piperidine rings is 1. The Hall–Kier alpha value is -0.0800. The second kappa shape index (κ2) is 7.08. The molecule has 0 radical (unpaired) electrons. The summed E-state index contributed by atoms with van der Waals surface area (Å²) in [5.74, 6) is 1.80. The molecule has 2 heteroatoms. The number of fused-ring (bicyclic) bond motifs is 2. The lowest BCUT2D eigenvalue weighted by Crippen LogP contribution is -2.59. The van der Waals surface area contributed by atoms with Gasteiger partial charge in [-0.3, -0.25) is 0 Å². The Labute approximate surface area is 120 Å². The highest BCUT2D eigenvalue weighted by Crippen LogP contribution is 2.36.